The van der Waals surface area contributed by atoms with Crippen molar-refractivity contribution in [2.75, 3.05) is 13.1 Å². The normalized spacial score (nSPS) is 12.2. The van der Waals surface area contributed by atoms with Crippen molar-refractivity contribution in [2.24, 2.45) is 7.05 Å². The van der Waals surface area contributed by atoms with Gasteiger partial charge in [-0.3, -0.25) is 14.3 Å². The molecule has 0 aliphatic heterocycles. The first-order chi connectivity index (χ1) is 9.29. The van der Waals surface area contributed by atoms with Gasteiger partial charge in [0.2, 0.25) is 5.91 Å². The average molecular weight is 281 g/mol. The van der Waals surface area contributed by atoms with E-state index in [9.17, 15) is 9.59 Å². The fraction of sp³-hybridized carbons (Fsp3) is 0.643. The van der Waals surface area contributed by atoms with Gasteiger partial charge in [0, 0.05) is 24.8 Å². The monoisotopic (exact) mass is 281 g/mol. The molecule has 1 amide bonds. The van der Waals surface area contributed by atoms with Crippen LogP contribution in [-0.4, -0.2) is 44.8 Å². The largest absolute Gasteiger partial charge is 0.480 e. The number of hydrogen-bond acceptors (Lipinski definition) is 3. The summed E-state index contributed by atoms with van der Waals surface area (Å²) in [6.07, 6.45) is 0.733. The molecule has 1 aromatic heterocycles. The summed E-state index contributed by atoms with van der Waals surface area (Å²) in [7, 11) is 1.84. The molecule has 0 bridgehead atoms. The Labute approximate surface area is 119 Å². The molecule has 0 radical (unpaired) electrons. The van der Waals surface area contributed by atoms with Crippen molar-refractivity contribution in [3.8, 4) is 0 Å². The summed E-state index contributed by atoms with van der Waals surface area (Å²) in [5, 5.41) is 13.2. The number of carboxylic acids is 1. The fourth-order valence-corrected chi connectivity index (χ4v) is 2.51. The van der Waals surface area contributed by atoms with E-state index in [-0.39, 0.29) is 18.4 Å². The SMILES string of the molecule is CCCN(CC(=O)O)C(=O)C(C)c1c(C)nn(C)c1C. The van der Waals surface area contributed by atoms with Crippen LogP contribution in [0.4, 0.5) is 0 Å². The molecule has 1 rings (SSSR count). The van der Waals surface area contributed by atoms with Crippen LogP contribution in [0.3, 0.4) is 0 Å². The number of rotatable bonds is 6. The van der Waals surface area contributed by atoms with Gasteiger partial charge in [-0.05, 0) is 27.2 Å². The van der Waals surface area contributed by atoms with Crippen molar-refractivity contribution in [2.45, 2.75) is 40.0 Å². The molecule has 0 fully saturated rings. The van der Waals surface area contributed by atoms with E-state index in [4.69, 9.17) is 5.11 Å². The molecule has 20 heavy (non-hydrogen) atoms. The lowest BCUT2D eigenvalue weighted by molar-refractivity contribution is -0.145. The number of amides is 1. The molecule has 0 saturated carbocycles. The maximum atomic E-state index is 12.5. The second-order valence-electron chi connectivity index (χ2n) is 5.08. The van der Waals surface area contributed by atoms with Crippen LogP contribution in [0.25, 0.3) is 0 Å². The van der Waals surface area contributed by atoms with E-state index in [1.165, 1.54) is 4.90 Å². The van der Waals surface area contributed by atoms with Gasteiger partial charge in [-0.1, -0.05) is 6.92 Å². The molecule has 6 heteroatoms. The first-order valence-corrected chi connectivity index (χ1v) is 6.80. The third-order valence-corrected chi connectivity index (χ3v) is 3.50. The molecule has 0 aliphatic rings. The van der Waals surface area contributed by atoms with E-state index in [1.54, 1.807) is 4.68 Å². The smallest absolute Gasteiger partial charge is 0.323 e. The van der Waals surface area contributed by atoms with E-state index >= 15 is 0 Å². The average Bonchev–Trinajstić information content (AvgIpc) is 2.60. The van der Waals surface area contributed by atoms with Gasteiger partial charge in [-0.2, -0.15) is 5.10 Å². The van der Waals surface area contributed by atoms with Crippen LogP contribution in [0.1, 0.15) is 43.1 Å². The molecule has 0 saturated heterocycles. The number of aliphatic carboxylic acids is 1. The molecular weight excluding hydrogens is 258 g/mol. The van der Waals surface area contributed by atoms with Gasteiger partial charge >= 0.3 is 5.97 Å². The number of aromatic nitrogens is 2. The molecule has 0 aliphatic carbocycles. The zero-order chi connectivity index (χ0) is 15.4. The molecule has 0 aromatic carbocycles. The fourth-order valence-electron chi connectivity index (χ4n) is 2.51. The number of carbonyl (C=O) groups excluding carboxylic acids is 1. The van der Waals surface area contributed by atoms with Gasteiger partial charge in [0.05, 0.1) is 11.6 Å². The van der Waals surface area contributed by atoms with Gasteiger partial charge in [0.15, 0.2) is 0 Å². The Morgan fingerprint density at radius 2 is 2.00 bits per heavy atom. The summed E-state index contributed by atoms with van der Waals surface area (Å²) in [5.74, 6) is -1.53. The molecule has 6 nitrogen and oxygen atoms in total. The summed E-state index contributed by atoms with van der Waals surface area (Å²) < 4.78 is 1.75. The molecule has 1 heterocycles. The number of hydrogen-bond donors (Lipinski definition) is 1. The molecular formula is C14H23N3O3. The third-order valence-electron chi connectivity index (χ3n) is 3.50. The first kappa shape index (κ1) is 16.2. The minimum Gasteiger partial charge on any atom is -0.480 e. The van der Waals surface area contributed by atoms with Crippen LogP contribution in [0.2, 0.25) is 0 Å². The highest BCUT2D eigenvalue weighted by Crippen LogP contribution is 2.24. The molecule has 1 N–H and O–H groups in total. The summed E-state index contributed by atoms with van der Waals surface area (Å²) in [4.78, 5) is 24.8. The lowest BCUT2D eigenvalue weighted by atomic mass is 9.97. The lowest BCUT2D eigenvalue weighted by Gasteiger charge is -2.24. The first-order valence-electron chi connectivity index (χ1n) is 6.80. The minimum absolute atomic E-state index is 0.159. The van der Waals surface area contributed by atoms with E-state index in [0.29, 0.717) is 6.54 Å². The molecule has 112 valence electrons. The highest BCUT2D eigenvalue weighted by Gasteiger charge is 2.27. The zero-order valence-corrected chi connectivity index (χ0v) is 12.8. The van der Waals surface area contributed by atoms with Crippen molar-refractivity contribution < 1.29 is 14.7 Å². The number of carbonyl (C=O) groups is 2. The number of aryl methyl sites for hydroxylation is 2. The lowest BCUT2D eigenvalue weighted by Crippen LogP contribution is -2.39. The standard InChI is InChI=1S/C14H23N3O3/c1-6-7-17(8-12(18)19)14(20)9(2)13-10(3)15-16(5)11(13)4/h9H,6-8H2,1-5H3,(H,18,19). The summed E-state index contributed by atoms with van der Waals surface area (Å²) >= 11 is 0. The van der Waals surface area contributed by atoms with E-state index in [1.807, 2.05) is 34.7 Å². The number of carboxylic acid groups (broad SMARTS) is 1. The Bertz CT molecular complexity index is 508. The van der Waals surface area contributed by atoms with Gasteiger partial charge in [-0.25, -0.2) is 0 Å². The predicted molar refractivity (Wildman–Crippen MR) is 75.6 cm³/mol. The van der Waals surface area contributed by atoms with Crippen LogP contribution in [0.15, 0.2) is 0 Å². The van der Waals surface area contributed by atoms with E-state index in [0.717, 1.165) is 23.4 Å². The van der Waals surface area contributed by atoms with Crippen LogP contribution in [0.5, 0.6) is 0 Å². The van der Waals surface area contributed by atoms with Crippen LogP contribution in [-0.2, 0) is 16.6 Å². The Hall–Kier alpha value is -1.85. The quantitative estimate of drug-likeness (QED) is 0.856. The Morgan fingerprint density at radius 1 is 1.40 bits per heavy atom. The van der Waals surface area contributed by atoms with Crippen molar-refractivity contribution in [1.82, 2.24) is 14.7 Å². The van der Waals surface area contributed by atoms with Gasteiger partial charge in [0.1, 0.15) is 6.54 Å². The van der Waals surface area contributed by atoms with Crippen molar-refractivity contribution >= 4 is 11.9 Å². The second kappa shape index (κ2) is 6.54. The maximum absolute atomic E-state index is 12.5. The summed E-state index contributed by atoms with van der Waals surface area (Å²) in [5.41, 5.74) is 2.65. The Morgan fingerprint density at radius 3 is 2.40 bits per heavy atom. The maximum Gasteiger partial charge on any atom is 0.323 e. The van der Waals surface area contributed by atoms with Gasteiger partial charge < -0.3 is 10.0 Å². The molecule has 1 atom stereocenters. The van der Waals surface area contributed by atoms with Gasteiger partial charge in [0.25, 0.3) is 0 Å². The van der Waals surface area contributed by atoms with Crippen LogP contribution in [0, 0.1) is 13.8 Å². The second-order valence-corrected chi connectivity index (χ2v) is 5.08. The van der Waals surface area contributed by atoms with Crippen LogP contribution < -0.4 is 0 Å². The molecule has 0 spiro atoms. The topological polar surface area (TPSA) is 75.4 Å². The third kappa shape index (κ3) is 3.37. The summed E-state index contributed by atoms with van der Waals surface area (Å²) in [6.45, 7) is 7.72. The summed E-state index contributed by atoms with van der Waals surface area (Å²) in [6, 6.07) is 0. The molecule has 1 aromatic rings. The highest BCUT2D eigenvalue weighted by atomic mass is 16.4. The predicted octanol–water partition coefficient (Wildman–Crippen LogP) is 1.46. The Balaban J connectivity index is 3.01. The minimum atomic E-state index is -0.987. The number of nitrogens with zero attached hydrogens (tertiary/aromatic N) is 3. The highest BCUT2D eigenvalue weighted by molar-refractivity contribution is 5.86. The van der Waals surface area contributed by atoms with Crippen LogP contribution >= 0.6 is 0 Å². The van der Waals surface area contributed by atoms with Crippen molar-refractivity contribution in [3.63, 3.8) is 0 Å². The van der Waals surface area contributed by atoms with Gasteiger partial charge in [-0.15, -0.1) is 0 Å². The zero-order valence-electron chi connectivity index (χ0n) is 12.8. The van der Waals surface area contributed by atoms with E-state index in [2.05, 4.69) is 5.10 Å². The van der Waals surface area contributed by atoms with E-state index < -0.39 is 5.97 Å². The van der Waals surface area contributed by atoms with Crippen molar-refractivity contribution in [1.29, 1.82) is 0 Å². The van der Waals surface area contributed by atoms with Crippen molar-refractivity contribution in [3.05, 3.63) is 17.0 Å². The molecule has 1 unspecified atom stereocenters. The Kier molecular flexibility index (Phi) is 5.30.